The zero-order valence-electron chi connectivity index (χ0n) is 11.1. The number of piperidine rings is 1. The number of Topliss-reactive ketones (excluding diaryl/α,β-unsaturated/α-hetero) is 1. The molecule has 0 amide bonds. The van der Waals surface area contributed by atoms with Gasteiger partial charge in [-0.05, 0) is 0 Å². The van der Waals surface area contributed by atoms with Crippen molar-refractivity contribution in [2.75, 3.05) is 26.2 Å². The maximum absolute atomic E-state index is 11.6. The van der Waals surface area contributed by atoms with Crippen molar-refractivity contribution < 1.29 is 26.3 Å². The maximum Gasteiger partial charge on any atom is 0.187 e. The number of hydrogen-bond acceptors (Lipinski definition) is 1. The average molecular weight is 292 g/mol. The summed E-state index contributed by atoms with van der Waals surface area (Å²) in [6, 6.07) is 0. The summed E-state index contributed by atoms with van der Waals surface area (Å²) in [5.41, 5.74) is 0. The van der Waals surface area contributed by atoms with E-state index in [1.807, 2.05) is 0 Å². The van der Waals surface area contributed by atoms with Crippen LogP contribution in [0.3, 0.4) is 0 Å². The van der Waals surface area contributed by atoms with E-state index in [9.17, 15) is 4.79 Å². The second kappa shape index (κ2) is 6.75. The molecule has 0 atom stereocenters. The monoisotopic (exact) mass is 291 g/mol. The van der Waals surface area contributed by atoms with E-state index in [-0.39, 0.29) is 17.0 Å². The van der Waals surface area contributed by atoms with Crippen LogP contribution < -0.4 is 17.0 Å². The Morgan fingerprint density at radius 3 is 2.00 bits per heavy atom. The fourth-order valence-electron chi connectivity index (χ4n) is 3.08. The number of halogens is 1. The molecule has 0 aromatic rings. The first-order valence-corrected chi connectivity index (χ1v) is 6.30. The van der Waals surface area contributed by atoms with E-state index in [0.29, 0.717) is 17.6 Å². The molecule has 0 N–H and O–H groups in total. The first-order valence-electron chi connectivity index (χ1n) is 6.30. The number of likely N-dealkylation sites (tertiary alicyclic amines) is 1. The van der Waals surface area contributed by atoms with E-state index in [0.717, 1.165) is 23.9 Å². The van der Waals surface area contributed by atoms with Crippen molar-refractivity contribution in [1.29, 1.82) is 0 Å². The number of carbonyl (C=O) groups is 1. The lowest BCUT2D eigenvalue weighted by atomic mass is 10.0. The minimum Gasteiger partial charge on any atom is -1.00 e. The van der Waals surface area contributed by atoms with Crippen LogP contribution in [0.1, 0.15) is 40.5 Å². The van der Waals surface area contributed by atoms with Gasteiger partial charge in [-0.1, -0.05) is 27.7 Å². The van der Waals surface area contributed by atoms with Crippen molar-refractivity contribution in [3.05, 3.63) is 0 Å². The minimum absolute atomic E-state index is 0. The summed E-state index contributed by atoms with van der Waals surface area (Å²) in [4.78, 5) is 11.6. The van der Waals surface area contributed by atoms with E-state index in [1.165, 1.54) is 19.6 Å². The summed E-state index contributed by atoms with van der Waals surface area (Å²) in [5, 5.41) is 0. The lowest BCUT2D eigenvalue weighted by Gasteiger charge is -2.43. The highest BCUT2D eigenvalue weighted by Gasteiger charge is 2.35. The summed E-state index contributed by atoms with van der Waals surface area (Å²) in [7, 11) is 0. The van der Waals surface area contributed by atoms with Gasteiger partial charge in [0.15, 0.2) is 5.78 Å². The van der Waals surface area contributed by atoms with E-state index in [4.69, 9.17) is 0 Å². The number of hydrogen-bond donors (Lipinski definition) is 0. The van der Waals surface area contributed by atoms with Gasteiger partial charge in [-0.25, -0.2) is 0 Å². The van der Waals surface area contributed by atoms with Gasteiger partial charge in [0.25, 0.3) is 0 Å². The van der Waals surface area contributed by atoms with Gasteiger partial charge in [-0.15, -0.1) is 0 Å². The quantitative estimate of drug-likeness (QED) is 0.638. The largest absolute Gasteiger partial charge is 1.00 e. The van der Waals surface area contributed by atoms with Crippen LogP contribution in [0.15, 0.2) is 0 Å². The van der Waals surface area contributed by atoms with Gasteiger partial charge >= 0.3 is 0 Å². The molecule has 1 fully saturated rings. The number of ketones is 1. The van der Waals surface area contributed by atoms with Crippen LogP contribution >= 0.6 is 0 Å². The predicted molar refractivity (Wildman–Crippen MR) is 63.6 cm³/mol. The number of nitrogens with zero attached hydrogens (tertiary/aromatic N) is 1. The van der Waals surface area contributed by atoms with Gasteiger partial charge in [0.2, 0.25) is 0 Å². The normalized spacial score (nSPS) is 20.0. The predicted octanol–water partition coefficient (Wildman–Crippen LogP) is -0.518. The molecule has 0 bridgehead atoms. The highest BCUT2D eigenvalue weighted by molar-refractivity contribution is 5.80. The van der Waals surface area contributed by atoms with Crippen LogP contribution in [-0.4, -0.2) is 36.4 Å². The molecular weight excluding hydrogens is 266 g/mol. The van der Waals surface area contributed by atoms with Crippen molar-refractivity contribution >= 4 is 5.78 Å². The molecule has 0 saturated carbocycles. The van der Waals surface area contributed by atoms with Crippen LogP contribution in [0.5, 0.6) is 0 Å². The van der Waals surface area contributed by atoms with Crippen molar-refractivity contribution in [1.82, 2.24) is 0 Å². The molecule has 3 heteroatoms. The molecule has 0 aromatic carbocycles. The summed E-state index contributed by atoms with van der Waals surface area (Å²) in [5.74, 6) is 1.85. The summed E-state index contributed by atoms with van der Waals surface area (Å²) >= 11 is 0. The van der Waals surface area contributed by atoms with E-state index < -0.39 is 0 Å². The summed E-state index contributed by atoms with van der Waals surface area (Å²) in [6.07, 6.45) is 1.91. The first-order chi connectivity index (χ1) is 6.93. The lowest BCUT2D eigenvalue weighted by molar-refractivity contribution is -0.928. The maximum atomic E-state index is 11.6. The summed E-state index contributed by atoms with van der Waals surface area (Å²) < 4.78 is 1.05. The summed E-state index contributed by atoms with van der Waals surface area (Å²) in [6.45, 7) is 13.4. The SMILES string of the molecule is CC(C)C[N+]1(CC(C)C)CCCC(=O)C1.[Br-]. The van der Waals surface area contributed by atoms with Crippen LogP contribution in [0.2, 0.25) is 0 Å². The molecule has 2 nitrogen and oxygen atoms in total. The number of carbonyl (C=O) groups excluding carboxylic acids is 1. The smallest absolute Gasteiger partial charge is 0.187 e. The van der Waals surface area contributed by atoms with Gasteiger partial charge in [0.1, 0.15) is 6.54 Å². The number of rotatable bonds is 4. The molecule has 1 saturated heterocycles. The fraction of sp³-hybridized carbons (Fsp3) is 0.923. The highest BCUT2D eigenvalue weighted by Crippen LogP contribution is 2.21. The molecule has 0 unspecified atom stereocenters. The number of quaternary nitrogens is 1. The third-order valence-corrected chi connectivity index (χ3v) is 3.10. The van der Waals surface area contributed by atoms with Gasteiger partial charge in [0.05, 0.1) is 19.6 Å². The van der Waals surface area contributed by atoms with Gasteiger partial charge in [0, 0.05) is 24.7 Å². The molecule has 96 valence electrons. The van der Waals surface area contributed by atoms with E-state index >= 15 is 0 Å². The molecule has 1 rings (SSSR count). The first kappa shape index (κ1) is 16.1. The molecule has 0 aromatic heterocycles. The van der Waals surface area contributed by atoms with Crippen LogP contribution in [0.25, 0.3) is 0 Å². The molecule has 0 spiro atoms. The minimum atomic E-state index is 0. The van der Waals surface area contributed by atoms with Crippen LogP contribution in [-0.2, 0) is 4.79 Å². The average Bonchev–Trinajstić information content (AvgIpc) is 1.99. The van der Waals surface area contributed by atoms with E-state index in [1.54, 1.807) is 0 Å². The Balaban J connectivity index is 0.00000225. The zero-order valence-corrected chi connectivity index (χ0v) is 12.7. The van der Waals surface area contributed by atoms with E-state index in [2.05, 4.69) is 27.7 Å². The Labute approximate surface area is 111 Å². The fourth-order valence-corrected chi connectivity index (χ4v) is 3.08. The third kappa shape index (κ3) is 4.96. The molecule has 0 aliphatic carbocycles. The third-order valence-electron chi connectivity index (χ3n) is 3.10. The van der Waals surface area contributed by atoms with Gasteiger partial charge in [-0.3, -0.25) is 4.79 Å². The molecule has 1 aliphatic rings. The standard InChI is InChI=1S/C13H26NO.BrH/c1-11(2)8-14(9-12(3)4)7-5-6-13(15)10-14;/h11-12H,5-10H2,1-4H3;1H/q+1;/p-1. The Bertz CT molecular complexity index is 216. The Morgan fingerprint density at radius 2 is 1.62 bits per heavy atom. The van der Waals surface area contributed by atoms with Crippen molar-refractivity contribution in [2.45, 2.75) is 40.5 Å². The van der Waals surface area contributed by atoms with Gasteiger partial charge < -0.3 is 21.5 Å². The lowest BCUT2D eigenvalue weighted by Crippen LogP contribution is -3.00. The Morgan fingerprint density at radius 1 is 1.12 bits per heavy atom. The molecular formula is C13H26BrNO. The van der Waals surface area contributed by atoms with Gasteiger partial charge in [-0.2, -0.15) is 0 Å². The topological polar surface area (TPSA) is 17.1 Å². The second-order valence-corrected chi connectivity index (χ2v) is 6.02. The Kier molecular flexibility index (Phi) is 6.80. The zero-order chi connectivity index (χ0) is 11.5. The van der Waals surface area contributed by atoms with Crippen LogP contribution in [0, 0.1) is 11.8 Å². The van der Waals surface area contributed by atoms with Crippen molar-refractivity contribution in [2.24, 2.45) is 11.8 Å². The molecule has 1 aliphatic heterocycles. The molecule has 16 heavy (non-hydrogen) atoms. The Hall–Kier alpha value is 0.110. The van der Waals surface area contributed by atoms with Crippen molar-refractivity contribution in [3.8, 4) is 0 Å². The molecule has 1 heterocycles. The second-order valence-electron chi connectivity index (χ2n) is 6.02. The van der Waals surface area contributed by atoms with Crippen LogP contribution in [0.4, 0.5) is 0 Å². The van der Waals surface area contributed by atoms with Crippen molar-refractivity contribution in [3.63, 3.8) is 0 Å². The highest BCUT2D eigenvalue weighted by atomic mass is 79.9. The molecule has 0 radical (unpaired) electrons.